The molecule has 1 amide bonds. The van der Waals surface area contributed by atoms with Gasteiger partial charge in [0.1, 0.15) is 5.75 Å². The molecule has 110 valence electrons. The van der Waals surface area contributed by atoms with Crippen LogP contribution in [0.2, 0.25) is 0 Å². The SMILES string of the molecule is COc1ccc(CNC(=O)CN2CCNC[C@H]2C)cc1. The standard InChI is InChI=1S/C15H23N3O2/c1-12-9-16-7-8-18(12)11-15(19)17-10-13-3-5-14(20-2)6-4-13/h3-6,12,16H,7-11H2,1-2H3,(H,17,19)/t12-/m1/s1. The zero-order valence-corrected chi connectivity index (χ0v) is 12.2. The molecule has 1 fully saturated rings. The number of rotatable bonds is 5. The van der Waals surface area contributed by atoms with Gasteiger partial charge in [0.05, 0.1) is 13.7 Å². The molecule has 1 aromatic carbocycles. The second kappa shape index (κ2) is 7.26. The molecule has 1 saturated heterocycles. The Kier molecular flexibility index (Phi) is 5.38. The number of nitrogens with zero attached hydrogens (tertiary/aromatic N) is 1. The maximum absolute atomic E-state index is 12.0. The smallest absolute Gasteiger partial charge is 0.234 e. The maximum Gasteiger partial charge on any atom is 0.234 e. The van der Waals surface area contributed by atoms with Gasteiger partial charge in [-0.15, -0.1) is 0 Å². The third-order valence-electron chi connectivity index (χ3n) is 3.63. The van der Waals surface area contributed by atoms with Crippen LogP contribution in [0.1, 0.15) is 12.5 Å². The summed E-state index contributed by atoms with van der Waals surface area (Å²) in [5.74, 6) is 0.907. The van der Waals surface area contributed by atoms with Crippen molar-refractivity contribution in [1.82, 2.24) is 15.5 Å². The highest BCUT2D eigenvalue weighted by Gasteiger charge is 2.19. The molecule has 1 aromatic rings. The number of ether oxygens (including phenoxy) is 1. The van der Waals surface area contributed by atoms with Crippen molar-refractivity contribution in [2.45, 2.75) is 19.5 Å². The van der Waals surface area contributed by atoms with Crippen LogP contribution in [0.25, 0.3) is 0 Å². The van der Waals surface area contributed by atoms with E-state index in [0.29, 0.717) is 19.1 Å². The maximum atomic E-state index is 12.0. The van der Waals surface area contributed by atoms with Crippen molar-refractivity contribution in [1.29, 1.82) is 0 Å². The van der Waals surface area contributed by atoms with Crippen LogP contribution in [0.4, 0.5) is 0 Å². The Hall–Kier alpha value is -1.59. The van der Waals surface area contributed by atoms with Crippen LogP contribution in [0.15, 0.2) is 24.3 Å². The average Bonchev–Trinajstić information content (AvgIpc) is 2.48. The van der Waals surface area contributed by atoms with Gasteiger partial charge in [0.15, 0.2) is 0 Å². The lowest BCUT2D eigenvalue weighted by Gasteiger charge is -2.33. The van der Waals surface area contributed by atoms with Crippen molar-refractivity contribution < 1.29 is 9.53 Å². The average molecular weight is 277 g/mol. The monoisotopic (exact) mass is 277 g/mol. The summed E-state index contributed by atoms with van der Waals surface area (Å²) in [5.41, 5.74) is 1.08. The molecular formula is C15H23N3O2. The Balaban J connectivity index is 1.76. The molecule has 0 radical (unpaired) electrons. The summed E-state index contributed by atoms with van der Waals surface area (Å²) in [6.07, 6.45) is 0. The minimum atomic E-state index is 0.0783. The van der Waals surface area contributed by atoms with Crippen LogP contribution < -0.4 is 15.4 Å². The topological polar surface area (TPSA) is 53.6 Å². The van der Waals surface area contributed by atoms with E-state index < -0.39 is 0 Å². The number of piperazine rings is 1. The second-order valence-electron chi connectivity index (χ2n) is 5.15. The fourth-order valence-corrected chi connectivity index (χ4v) is 2.30. The molecule has 20 heavy (non-hydrogen) atoms. The van der Waals surface area contributed by atoms with Crippen molar-refractivity contribution in [2.75, 3.05) is 33.3 Å². The Labute approximate surface area is 120 Å². The van der Waals surface area contributed by atoms with Crippen molar-refractivity contribution in [3.8, 4) is 5.75 Å². The molecule has 0 unspecified atom stereocenters. The minimum absolute atomic E-state index is 0.0783. The van der Waals surface area contributed by atoms with Crippen molar-refractivity contribution in [3.05, 3.63) is 29.8 Å². The number of carbonyl (C=O) groups excluding carboxylic acids is 1. The third kappa shape index (κ3) is 4.21. The fraction of sp³-hybridized carbons (Fsp3) is 0.533. The van der Waals surface area contributed by atoms with E-state index in [9.17, 15) is 4.79 Å². The first kappa shape index (κ1) is 14.8. The normalized spacial score (nSPS) is 19.6. The van der Waals surface area contributed by atoms with Gasteiger partial charge in [-0.05, 0) is 24.6 Å². The fourth-order valence-electron chi connectivity index (χ4n) is 2.30. The third-order valence-corrected chi connectivity index (χ3v) is 3.63. The molecule has 1 aliphatic rings. The molecular weight excluding hydrogens is 254 g/mol. The first-order chi connectivity index (χ1) is 9.69. The van der Waals surface area contributed by atoms with Crippen molar-refractivity contribution in [2.24, 2.45) is 0 Å². The van der Waals surface area contributed by atoms with E-state index >= 15 is 0 Å². The van der Waals surface area contributed by atoms with Gasteiger partial charge in [0.25, 0.3) is 0 Å². The molecule has 0 aromatic heterocycles. The molecule has 5 heteroatoms. The minimum Gasteiger partial charge on any atom is -0.497 e. The Morgan fingerprint density at radius 2 is 2.20 bits per heavy atom. The van der Waals surface area contributed by atoms with E-state index in [-0.39, 0.29) is 5.91 Å². The summed E-state index contributed by atoms with van der Waals surface area (Å²) < 4.78 is 5.11. The van der Waals surface area contributed by atoms with Crippen LogP contribution in [0.3, 0.4) is 0 Å². The van der Waals surface area contributed by atoms with Gasteiger partial charge >= 0.3 is 0 Å². The second-order valence-corrected chi connectivity index (χ2v) is 5.15. The van der Waals surface area contributed by atoms with Crippen LogP contribution in [-0.2, 0) is 11.3 Å². The zero-order chi connectivity index (χ0) is 14.4. The number of amides is 1. The number of carbonyl (C=O) groups is 1. The predicted molar refractivity (Wildman–Crippen MR) is 78.7 cm³/mol. The van der Waals surface area contributed by atoms with E-state index in [1.807, 2.05) is 24.3 Å². The molecule has 1 aliphatic heterocycles. The number of methoxy groups -OCH3 is 1. The summed E-state index contributed by atoms with van der Waals surface area (Å²) in [5, 5.41) is 6.28. The summed E-state index contributed by atoms with van der Waals surface area (Å²) >= 11 is 0. The molecule has 5 nitrogen and oxygen atoms in total. The van der Waals surface area contributed by atoms with E-state index in [1.54, 1.807) is 7.11 Å². The highest BCUT2D eigenvalue weighted by molar-refractivity contribution is 5.78. The molecule has 0 aliphatic carbocycles. The van der Waals surface area contributed by atoms with Gasteiger partial charge in [0, 0.05) is 32.2 Å². The highest BCUT2D eigenvalue weighted by atomic mass is 16.5. The van der Waals surface area contributed by atoms with Crippen LogP contribution >= 0.6 is 0 Å². The molecule has 0 bridgehead atoms. The van der Waals surface area contributed by atoms with Crippen molar-refractivity contribution in [3.63, 3.8) is 0 Å². The Morgan fingerprint density at radius 3 is 2.85 bits per heavy atom. The van der Waals surface area contributed by atoms with Gasteiger partial charge in [-0.2, -0.15) is 0 Å². The van der Waals surface area contributed by atoms with Crippen LogP contribution in [0, 0.1) is 0 Å². The Morgan fingerprint density at radius 1 is 1.45 bits per heavy atom. The molecule has 1 heterocycles. The quantitative estimate of drug-likeness (QED) is 0.828. The molecule has 2 rings (SSSR count). The lowest BCUT2D eigenvalue weighted by atomic mass is 10.2. The van der Waals surface area contributed by atoms with E-state index in [2.05, 4.69) is 22.5 Å². The lowest BCUT2D eigenvalue weighted by Crippen LogP contribution is -2.52. The zero-order valence-electron chi connectivity index (χ0n) is 12.2. The number of nitrogens with one attached hydrogen (secondary N) is 2. The highest BCUT2D eigenvalue weighted by Crippen LogP contribution is 2.11. The van der Waals surface area contributed by atoms with Gasteiger partial charge in [-0.1, -0.05) is 12.1 Å². The van der Waals surface area contributed by atoms with E-state index in [1.165, 1.54) is 0 Å². The van der Waals surface area contributed by atoms with Gasteiger partial charge in [-0.3, -0.25) is 9.69 Å². The number of hydrogen-bond acceptors (Lipinski definition) is 4. The first-order valence-corrected chi connectivity index (χ1v) is 7.03. The summed E-state index contributed by atoms with van der Waals surface area (Å²) in [7, 11) is 1.64. The number of benzene rings is 1. The molecule has 0 spiro atoms. The molecule has 0 saturated carbocycles. The number of hydrogen-bond donors (Lipinski definition) is 2. The Bertz CT molecular complexity index is 433. The molecule has 1 atom stereocenters. The van der Waals surface area contributed by atoms with Crippen LogP contribution in [-0.4, -0.2) is 50.1 Å². The van der Waals surface area contributed by atoms with Gasteiger partial charge in [0.2, 0.25) is 5.91 Å². The summed E-state index contributed by atoms with van der Waals surface area (Å²) in [6, 6.07) is 8.15. The first-order valence-electron chi connectivity index (χ1n) is 7.03. The summed E-state index contributed by atoms with van der Waals surface area (Å²) in [4.78, 5) is 14.2. The largest absolute Gasteiger partial charge is 0.497 e. The van der Waals surface area contributed by atoms with Crippen LogP contribution in [0.5, 0.6) is 5.75 Å². The lowest BCUT2D eigenvalue weighted by molar-refractivity contribution is -0.123. The predicted octanol–water partition coefficient (Wildman–Crippen LogP) is 0.605. The van der Waals surface area contributed by atoms with Gasteiger partial charge in [-0.25, -0.2) is 0 Å². The van der Waals surface area contributed by atoms with Gasteiger partial charge < -0.3 is 15.4 Å². The molecule has 2 N–H and O–H groups in total. The summed E-state index contributed by atoms with van der Waals surface area (Å²) in [6.45, 7) is 6.00. The van der Waals surface area contributed by atoms with Crippen molar-refractivity contribution >= 4 is 5.91 Å². The van der Waals surface area contributed by atoms with E-state index in [0.717, 1.165) is 30.9 Å². The van der Waals surface area contributed by atoms with E-state index in [4.69, 9.17) is 4.74 Å².